The van der Waals surface area contributed by atoms with Gasteiger partial charge in [0, 0.05) is 12.7 Å². The maximum Gasteiger partial charge on any atom is 0.410 e. The fraction of sp³-hybridized carbons (Fsp3) is 0.278. The number of ether oxygens (including phenoxy) is 1. The first kappa shape index (κ1) is 16.9. The molecule has 0 saturated carbocycles. The highest BCUT2D eigenvalue weighted by Crippen LogP contribution is 2.16. The van der Waals surface area contributed by atoms with Crippen LogP contribution in [0.25, 0.3) is 0 Å². The zero-order valence-electron chi connectivity index (χ0n) is 13.5. The van der Waals surface area contributed by atoms with Gasteiger partial charge in [0.2, 0.25) is 0 Å². The topological polar surface area (TPSA) is 71.5 Å². The van der Waals surface area contributed by atoms with E-state index in [4.69, 9.17) is 4.74 Å². The first-order valence-corrected chi connectivity index (χ1v) is 7.95. The van der Waals surface area contributed by atoms with Gasteiger partial charge in [-0.25, -0.2) is 9.18 Å². The molecule has 2 heterocycles. The van der Waals surface area contributed by atoms with Crippen molar-refractivity contribution in [2.24, 2.45) is 0 Å². The Labute approximate surface area is 144 Å². The predicted octanol–water partition coefficient (Wildman–Crippen LogP) is 2.17. The van der Waals surface area contributed by atoms with Gasteiger partial charge in [-0.15, -0.1) is 0 Å². The highest BCUT2D eigenvalue weighted by atomic mass is 19.1. The Morgan fingerprint density at radius 1 is 1.16 bits per heavy atom. The molecule has 0 bridgehead atoms. The predicted molar refractivity (Wildman–Crippen MR) is 88.6 cm³/mol. The van der Waals surface area contributed by atoms with E-state index < -0.39 is 24.2 Å². The van der Waals surface area contributed by atoms with Gasteiger partial charge in [0.05, 0.1) is 12.6 Å². The fourth-order valence-electron chi connectivity index (χ4n) is 2.60. The second kappa shape index (κ2) is 7.74. The number of amides is 2. The van der Waals surface area contributed by atoms with Crippen LogP contribution in [0.4, 0.5) is 9.18 Å². The molecule has 1 N–H and O–H groups in total. The largest absolute Gasteiger partial charge is 0.445 e. The number of halogens is 1. The van der Waals surface area contributed by atoms with Crippen LogP contribution < -0.4 is 5.32 Å². The van der Waals surface area contributed by atoms with E-state index in [9.17, 15) is 14.0 Å². The van der Waals surface area contributed by atoms with E-state index in [0.29, 0.717) is 0 Å². The summed E-state index contributed by atoms with van der Waals surface area (Å²) in [6, 6.07) is 13.4. The third-order valence-corrected chi connectivity index (χ3v) is 3.93. The Balaban J connectivity index is 1.52. The Morgan fingerprint density at radius 3 is 2.64 bits per heavy atom. The van der Waals surface area contributed by atoms with E-state index in [1.165, 1.54) is 11.1 Å². The van der Waals surface area contributed by atoms with Gasteiger partial charge in [-0.2, -0.15) is 0 Å². The number of likely N-dealkylation sites (tertiary alicyclic amines) is 1. The summed E-state index contributed by atoms with van der Waals surface area (Å²) in [4.78, 5) is 29.3. The van der Waals surface area contributed by atoms with Crippen LogP contribution in [0.15, 0.2) is 54.7 Å². The lowest BCUT2D eigenvalue weighted by Gasteiger charge is -2.16. The van der Waals surface area contributed by atoms with Crippen LogP contribution in [0.3, 0.4) is 0 Å². The van der Waals surface area contributed by atoms with E-state index in [1.54, 1.807) is 18.2 Å². The molecular weight excluding hydrogens is 325 g/mol. The number of pyridine rings is 1. The summed E-state index contributed by atoms with van der Waals surface area (Å²) in [5.74, 6) is -0.465. The van der Waals surface area contributed by atoms with Crippen LogP contribution >= 0.6 is 0 Å². The van der Waals surface area contributed by atoms with Crippen LogP contribution in [0.2, 0.25) is 0 Å². The Bertz CT molecular complexity index is 727. The first-order chi connectivity index (χ1) is 12.1. The van der Waals surface area contributed by atoms with Gasteiger partial charge in [0.1, 0.15) is 18.5 Å². The second-order valence-electron chi connectivity index (χ2n) is 5.76. The van der Waals surface area contributed by atoms with Crippen molar-refractivity contribution in [2.75, 3.05) is 13.1 Å². The minimum absolute atomic E-state index is 0.0629. The zero-order valence-corrected chi connectivity index (χ0v) is 13.5. The molecule has 1 aliphatic heterocycles. The van der Waals surface area contributed by atoms with Crippen LogP contribution in [0, 0.1) is 0 Å². The molecule has 2 amide bonds. The molecule has 1 aliphatic rings. The monoisotopic (exact) mass is 343 g/mol. The van der Waals surface area contributed by atoms with E-state index in [1.807, 2.05) is 30.3 Å². The molecule has 25 heavy (non-hydrogen) atoms. The molecule has 1 aromatic carbocycles. The zero-order chi connectivity index (χ0) is 17.6. The van der Waals surface area contributed by atoms with Crippen molar-refractivity contribution in [3.8, 4) is 0 Å². The van der Waals surface area contributed by atoms with Gasteiger partial charge in [-0.3, -0.25) is 9.78 Å². The number of hydrogen-bond donors (Lipinski definition) is 1. The summed E-state index contributed by atoms with van der Waals surface area (Å²) in [6.07, 6.45) is -0.456. The van der Waals surface area contributed by atoms with E-state index >= 15 is 0 Å². The number of carbonyl (C=O) groups excluding carboxylic acids is 2. The third kappa shape index (κ3) is 4.32. The summed E-state index contributed by atoms with van der Waals surface area (Å²) >= 11 is 0. The number of nitrogens with zero attached hydrogens (tertiary/aromatic N) is 2. The molecule has 1 saturated heterocycles. The smallest absolute Gasteiger partial charge is 0.410 e. The number of benzene rings is 1. The number of hydrogen-bond acceptors (Lipinski definition) is 4. The van der Waals surface area contributed by atoms with E-state index in [0.717, 1.165) is 5.56 Å². The van der Waals surface area contributed by atoms with Gasteiger partial charge in [-0.1, -0.05) is 36.4 Å². The van der Waals surface area contributed by atoms with Crippen molar-refractivity contribution < 1.29 is 18.7 Å². The quantitative estimate of drug-likeness (QED) is 0.924. The molecular formula is C18H18FN3O3. The normalized spacial score (nSPS) is 19.5. The van der Waals surface area contributed by atoms with Crippen molar-refractivity contribution in [1.82, 2.24) is 15.2 Å². The molecule has 0 radical (unpaired) electrons. The van der Waals surface area contributed by atoms with Gasteiger partial charge >= 0.3 is 6.09 Å². The van der Waals surface area contributed by atoms with Crippen LogP contribution in [0.5, 0.6) is 0 Å². The van der Waals surface area contributed by atoms with Gasteiger partial charge in [0.25, 0.3) is 5.91 Å². The summed E-state index contributed by atoms with van der Waals surface area (Å²) < 4.78 is 19.3. The average molecular weight is 343 g/mol. The molecule has 0 unspecified atom stereocenters. The van der Waals surface area contributed by atoms with Crippen molar-refractivity contribution in [2.45, 2.75) is 18.8 Å². The third-order valence-electron chi connectivity index (χ3n) is 3.93. The SMILES string of the molecule is O=C(N[C@@H]1CN(C(=O)OCc2ccccc2)C[C@H]1F)c1ccccn1. The second-order valence-corrected chi connectivity index (χ2v) is 5.76. The molecule has 130 valence electrons. The summed E-state index contributed by atoms with van der Waals surface area (Å²) in [6.45, 7) is 0.0756. The fourth-order valence-corrected chi connectivity index (χ4v) is 2.60. The molecule has 2 atom stereocenters. The number of nitrogens with one attached hydrogen (secondary N) is 1. The molecule has 1 aromatic heterocycles. The molecule has 0 spiro atoms. The highest BCUT2D eigenvalue weighted by molar-refractivity contribution is 5.92. The minimum atomic E-state index is -1.35. The Morgan fingerprint density at radius 2 is 1.92 bits per heavy atom. The summed E-state index contributed by atoms with van der Waals surface area (Å²) in [7, 11) is 0. The van der Waals surface area contributed by atoms with Crippen molar-refractivity contribution >= 4 is 12.0 Å². The van der Waals surface area contributed by atoms with Crippen molar-refractivity contribution in [1.29, 1.82) is 0 Å². The lowest BCUT2D eigenvalue weighted by molar-refractivity contribution is 0.0911. The molecule has 0 aliphatic carbocycles. The van der Waals surface area contributed by atoms with Crippen LogP contribution in [0.1, 0.15) is 16.1 Å². The van der Waals surface area contributed by atoms with Crippen molar-refractivity contribution in [3.63, 3.8) is 0 Å². The standard InChI is InChI=1S/C18H18FN3O3/c19-14-10-22(18(24)25-12-13-6-2-1-3-7-13)11-16(14)21-17(23)15-8-4-5-9-20-15/h1-9,14,16H,10-12H2,(H,21,23)/t14-,16-/m1/s1. The highest BCUT2D eigenvalue weighted by Gasteiger charge is 2.37. The van der Waals surface area contributed by atoms with Crippen LogP contribution in [-0.4, -0.2) is 47.2 Å². The first-order valence-electron chi connectivity index (χ1n) is 7.95. The van der Waals surface area contributed by atoms with Gasteiger partial charge < -0.3 is 15.0 Å². The number of carbonyl (C=O) groups is 2. The minimum Gasteiger partial charge on any atom is -0.445 e. The molecule has 2 aromatic rings. The maximum absolute atomic E-state index is 14.2. The molecule has 1 fully saturated rings. The summed E-state index contributed by atoms with van der Waals surface area (Å²) in [5.41, 5.74) is 1.06. The molecule has 7 heteroatoms. The van der Waals surface area contributed by atoms with E-state index in [2.05, 4.69) is 10.3 Å². The van der Waals surface area contributed by atoms with Crippen LogP contribution in [-0.2, 0) is 11.3 Å². The van der Waals surface area contributed by atoms with Gasteiger partial charge in [0.15, 0.2) is 0 Å². The number of rotatable bonds is 4. The Hall–Kier alpha value is -2.96. The van der Waals surface area contributed by atoms with Crippen molar-refractivity contribution in [3.05, 3.63) is 66.0 Å². The number of alkyl halides is 1. The molecule has 6 nitrogen and oxygen atoms in total. The lowest BCUT2D eigenvalue weighted by Crippen LogP contribution is -2.42. The lowest BCUT2D eigenvalue weighted by atomic mass is 10.2. The summed E-state index contributed by atoms with van der Waals surface area (Å²) in [5, 5.41) is 2.58. The average Bonchev–Trinajstić information content (AvgIpc) is 3.02. The van der Waals surface area contributed by atoms with E-state index in [-0.39, 0.29) is 25.4 Å². The molecule has 3 rings (SSSR count). The van der Waals surface area contributed by atoms with Gasteiger partial charge in [-0.05, 0) is 17.7 Å². The number of aromatic nitrogens is 1. The maximum atomic E-state index is 14.2. The Kier molecular flexibility index (Phi) is 5.23.